The van der Waals surface area contributed by atoms with Crippen LogP contribution in [0.5, 0.6) is 0 Å². The molecule has 6 atom stereocenters. The molecule has 0 bridgehead atoms. The maximum atomic E-state index is 13.1. The Morgan fingerprint density at radius 2 is 0.712 bits per heavy atom. The zero-order valence-electron chi connectivity index (χ0n) is 65.0. The molecule has 9 N–H and O–H groups in total. The van der Waals surface area contributed by atoms with Crippen LogP contribution < -0.4 is 24.6 Å². The Balaban J connectivity index is 0.000000179. The summed E-state index contributed by atoms with van der Waals surface area (Å²) in [5.41, 5.74) is 4.62. The quantitative estimate of drug-likeness (QED) is 0.0246. The number of nitriles is 1. The molecule has 39 heteroatoms. The third kappa shape index (κ3) is 19.0. The SMILES string of the molecule is CCC(C(N)=O)(c1ccc(C(F)(F)F)cc1)n1ncc2c(NS(C)(=O)=O)cccc21.CCC(CO)(c1ccc(C(F)(F)F)cc1)n1ncc2c(NS(C)(=O)=O)cccc21.CCC(O)C(CC)(c1ccc(C(F)(F)F)cc1)n1ncc2c(NS(C)(=O)=O)cccc21.CCC(c1ccc(C#N)cc1)(C(C)O)n1ncc2c(NS(C)(=O)=O)cccc21. The van der Waals surface area contributed by atoms with Crippen LogP contribution in [0, 0.1) is 11.3 Å². The van der Waals surface area contributed by atoms with Gasteiger partial charge >= 0.3 is 18.5 Å². The van der Waals surface area contributed by atoms with E-state index in [0.717, 1.165) is 67.0 Å². The van der Waals surface area contributed by atoms with Crippen molar-refractivity contribution in [2.45, 2.75) is 127 Å². The van der Waals surface area contributed by atoms with E-state index in [9.17, 15) is 93.3 Å². The molecule has 0 saturated carbocycles. The number of halogens is 9. The molecule has 0 spiro atoms. The van der Waals surface area contributed by atoms with E-state index in [4.69, 9.17) is 11.0 Å². The molecule has 6 unspecified atom stereocenters. The smallest absolute Gasteiger partial charge is 0.393 e. The molecule has 8 aromatic carbocycles. The van der Waals surface area contributed by atoms with E-state index in [2.05, 4.69) is 45.4 Å². The second-order valence-corrected chi connectivity index (χ2v) is 34.9. The lowest BCUT2D eigenvalue weighted by molar-refractivity contribution is -0.138. The van der Waals surface area contributed by atoms with Crippen molar-refractivity contribution >= 4 is 112 Å². The van der Waals surface area contributed by atoms with Crippen molar-refractivity contribution in [3.8, 4) is 6.07 Å². The first-order chi connectivity index (χ1) is 55.1. The average Bonchev–Trinajstić information content (AvgIpc) is 1.55. The number of anilines is 4. The lowest BCUT2D eigenvalue weighted by Crippen LogP contribution is -2.47. The number of primary amides is 1. The number of aliphatic hydroxyl groups is 3. The molecular weight excluding hydrogens is 1640 g/mol. The third-order valence-corrected chi connectivity index (χ3v) is 22.7. The fourth-order valence-electron chi connectivity index (χ4n) is 14.5. The molecule has 0 saturated heterocycles. The number of carbonyl (C=O) groups excluding carboxylic acids is 1. The number of aliphatic hydroxyl groups excluding tert-OH is 3. The lowest BCUT2D eigenvalue weighted by atomic mass is 9.80. The van der Waals surface area contributed by atoms with E-state index in [1.54, 1.807) is 116 Å². The van der Waals surface area contributed by atoms with Crippen LogP contribution in [0.15, 0.2) is 195 Å². The number of hydrogen-bond acceptors (Lipinski definition) is 17. The van der Waals surface area contributed by atoms with E-state index >= 15 is 0 Å². The maximum absolute atomic E-state index is 13.1. The molecule has 0 radical (unpaired) electrons. The summed E-state index contributed by atoms with van der Waals surface area (Å²) >= 11 is 0. The number of rotatable bonds is 25. The predicted octanol–water partition coefficient (Wildman–Crippen LogP) is 13.8. The van der Waals surface area contributed by atoms with Crippen molar-refractivity contribution in [2.24, 2.45) is 5.73 Å². The van der Waals surface area contributed by atoms with Crippen molar-refractivity contribution in [1.29, 1.82) is 5.26 Å². The highest BCUT2D eigenvalue weighted by Gasteiger charge is 2.45. The number of nitrogens with one attached hydrogen (secondary N) is 4. The molecule has 1 amide bonds. The van der Waals surface area contributed by atoms with Crippen LogP contribution in [0.4, 0.5) is 62.3 Å². The molecule has 12 aromatic rings. The average molecular weight is 1720 g/mol. The van der Waals surface area contributed by atoms with Crippen molar-refractivity contribution in [1.82, 2.24) is 39.1 Å². The topological polar surface area (TPSA) is 384 Å². The Hall–Kier alpha value is -11.2. The third-order valence-electron chi connectivity index (χ3n) is 20.3. The minimum Gasteiger partial charge on any atom is -0.393 e. The molecule has 0 aliphatic carbocycles. The number of amides is 1. The van der Waals surface area contributed by atoms with Crippen molar-refractivity contribution in [3.63, 3.8) is 0 Å². The van der Waals surface area contributed by atoms with Crippen LogP contribution >= 0.6 is 0 Å². The van der Waals surface area contributed by atoms with Crippen LogP contribution in [-0.2, 0) is 85.6 Å². The van der Waals surface area contributed by atoms with Gasteiger partial charge in [0.1, 0.15) is 16.6 Å². The van der Waals surface area contributed by atoms with Gasteiger partial charge < -0.3 is 21.1 Å². The van der Waals surface area contributed by atoms with Crippen molar-refractivity contribution < 1.29 is 93.3 Å². The number of carbonyl (C=O) groups is 1. The van der Waals surface area contributed by atoms with Crippen LogP contribution in [0.1, 0.15) is 118 Å². The molecule has 0 aliphatic heterocycles. The zero-order chi connectivity index (χ0) is 87.3. The van der Waals surface area contributed by atoms with E-state index in [1.165, 1.54) is 70.4 Å². The summed E-state index contributed by atoms with van der Waals surface area (Å²) in [5, 5.41) is 60.8. The number of sulfonamides is 4. The second-order valence-electron chi connectivity index (χ2n) is 27.9. The van der Waals surface area contributed by atoms with Crippen LogP contribution in [0.3, 0.4) is 0 Å². The minimum atomic E-state index is -4.52. The standard InChI is InChI=1S/C21H24F3N3O3S.C20H22N4O3S.C19H19F3N4O3S.C19H20F3N3O3S/c1-4-19(28)20(5-2,14-9-11-15(12-10-14)21(22,23)24)27-18-8-6-7-17(16(18)13-25-27)26-31(3,29)30;1-4-20(14(2)25,16-10-8-15(12-21)9-11-16)24-19-7-5-6-18(17(19)13-22-24)23-28(3,26)27;1-3-18(17(23)27,12-7-9-13(10-8-12)19(20,21)22)26-16-6-4-5-15(14(16)11-24-26)25-30(2,28)29;1-3-18(12-26,13-7-9-14(10-8-13)19(20,21)22)25-17-6-4-5-16(15(17)11-23-25)24-29(2,27)28/h6-13,19,26,28H,4-5H2,1-3H3;5-11,13-14,23,25H,4H2,1-3H3;4-11,25H,3H2,1-2H3,(H2,23,27);4-11,24,26H,3,12H2,1-2H3. The van der Waals surface area contributed by atoms with Crippen LogP contribution in [0.2, 0.25) is 0 Å². The first-order valence-electron chi connectivity index (χ1n) is 36.2. The zero-order valence-corrected chi connectivity index (χ0v) is 68.3. The Morgan fingerprint density at radius 3 is 1.00 bits per heavy atom. The first kappa shape index (κ1) is 90.8. The Labute approximate surface area is 674 Å². The van der Waals surface area contributed by atoms with Gasteiger partial charge in [-0.05, 0) is 158 Å². The van der Waals surface area contributed by atoms with E-state index in [0.29, 0.717) is 103 Å². The van der Waals surface area contributed by atoms with E-state index in [-0.39, 0.29) is 17.7 Å². The highest BCUT2D eigenvalue weighted by Crippen LogP contribution is 2.44. The van der Waals surface area contributed by atoms with Gasteiger partial charge in [-0.2, -0.15) is 65.2 Å². The van der Waals surface area contributed by atoms with Gasteiger partial charge in [0.15, 0.2) is 5.54 Å². The van der Waals surface area contributed by atoms with Gasteiger partial charge in [-0.1, -0.05) is 107 Å². The van der Waals surface area contributed by atoms with Crippen LogP contribution in [0.25, 0.3) is 43.6 Å². The maximum Gasteiger partial charge on any atom is 0.416 e. The molecule has 118 heavy (non-hydrogen) atoms. The normalized spacial score (nSPS) is 14.9. The summed E-state index contributed by atoms with van der Waals surface area (Å²) in [6, 6.07) is 42.5. The first-order valence-corrected chi connectivity index (χ1v) is 43.8. The number of hydrogen-bond donors (Lipinski definition) is 8. The highest BCUT2D eigenvalue weighted by molar-refractivity contribution is 7.92. The minimum absolute atomic E-state index is 0.105. The van der Waals surface area contributed by atoms with Gasteiger partial charge in [0.2, 0.25) is 46.0 Å². The van der Waals surface area contributed by atoms with Gasteiger partial charge in [0.05, 0.1) is 142 Å². The van der Waals surface area contributed by atoms with Crippen molar-refractivity contribution in [2.75, 3.05) is 50.5 Å². The number of benzene rings is 8. The summed E-state index contributed by atoms with van der Waals surface area (Å²) in [6.07, 6.45) is -3.46. The number of alkyl halides is 9. The summed E-state index contributed by atoms with van der Waals surface area (Å²) < 4.78 is 226. The summed E-state index contributed by atoms with van der Waals surface area (Å²) in [7, 11) is -14.1. The Bertz CT molecular complexity index is 6140. The van der Waals surface area contributed by atoms with E-state index < -0.39 is 122 Å². The predicted molar refractivity (Wildman–Crippen MR) is 432 cm³/mol. The van der Waals surface area contributed by atoms with Crippen LogP contribution in [-0.4, -0.2) is 138 Å². The number of nitrogens with two attached hydrogens (primary N) is 1. The summed E-state index contributed by atoms with van der Waals surface area (Å²) in [5.74, 6) is -0.809. The number of aromatic nitrogens is 8. The molecule has 0 aliphatic rings. The van der Waals surface area contributed by atoms with Gasteiger partial charge in [-0.15, -0.1) is 0 Å². The van der Waals surface area contributed by atoms with Gasteiger partial charge in [0.25, 0.3) is 0 Å². The number of fused-ring (bicyclic) bond motifs is 4. The van der Waals surface area contributed by atoms with Gasteiger partial charge in [-0.25, -0.2) is 38.4 Å². The molecule has 4 heterocycles. The number of nitrogens with zero attached hydrogens (tertiary/aromatic N) is 9. The monoisotopic (exact) mass is 1720 g/mol. The highest BCUT2D eigenvalue weighted by atomic mass is 32.2. The molecule has 12 rings (SSSR count). The van der Waals surface area contributed by atoms with Gasteiger partial charge in [0, 0.05) is 21.5 Å². The lowest BCUT2D eigenvalue weighted by Gasteiger charge is -2.38. The Morgan fingerprint density at radius 1 is 0.424 bits per heavy atom. The molecule has 4 aromatic heterocycles. The fourth-order valence-corrected chi connectivity index (χ4v) is 16.9. The molecular formula is C79H85F9N14O12S4. The molecule has 0 fully saturated rings. The Kier molecular flexibility index (Phi) is 26.8. The molecule has 630 valence electrons. The van der Waals surface area contributed by atoms with E-state index in [1.807, 2.05) is 32.0 Å². The van der Waals surface area contributed by atoms with Gasteiger partial charge in [-0.3, -0.25) is 37.7 Å². The summed E-state index contributed by atoms with van der Waals surface area (Å²) in [6.45, 7) is 10.3. The fraction of sp³-hybridized carbons (Fsp3) is 0.316. The largest absolute Gasteiger partial charge is 0.416 e. The summed E-state index contributed by atoms with van der Waals surface area (Å²) in [4.78, 5) is 12.6. The molecule has 26 nitrogen and oxygen atoms in total. The van der Waals surface area contributed by atoms with Crippen molar-refractivity contribution in [3.05, 3.63) is 239 Å². The second kappa shape index (κ2) is 34.8.